The van der Waals surface area contributed by atoms with Crippen molar-refractivity contribution in [3.8, 4) is 17.1 Å². The Morgan fingerprint density at radius 1 is 1.38 bits per heavy atom. The minimum atomic E-state index is -0.230. The summed E-state index contributed by atoms with van der Waals surface area (Å²) in [5.74, 6) is 1.26. The lowest BCUT2D eigenvalue weighted by molar-refractivity contribution is 0.180. The van der Waals surface area contributed by atoms with Gasteiger partial charge in [0.25, 0.3) is 5.56 Å². The first-order chi connectivity index (χ1) is 10.2. The number of halogens is 1. The lowest BCUT2D eigenvalue weighted by Crippen LogP contribution is -2.14. The number of benzene rings is 1. The molecule has 0 aliphatic heterocycles. The summed E-state index contributed by atoms with van der Waals surface area (Å²) in [6.07, 6.45) is 0.940. The first-order valence-electron chi connectivity index (χ1n) is 6.66. The van der Waals surface area contributed by atoms with E-state index in [-0.39, 0.29) is 12.2 Å². The third kappa shape index (κ3) is 3.92. The molecule has 2 rings (SSSR count). The normalized spacial score (nSPS) is 10.6. The number of hydrogen-bond donors (Lipinski definition) is 1. The van der Waals surface area contributed by atoms with Gasteiger partial charge in [-0.1, -0.05) is 19.1 Å². The summed E-state index contributed by atoms with van der Waals surface area (Å²) < 4.78 is 11.1. The van der Waals surface area contributed by atoms with Crippen LogP contribution >= 0.6 is 15.9 Å². The highest BCUT2D eigenvalue weighted by Gasteiger charge is 2.10. The van der Waals surface area contributed by atoms with E-state index in [1.54, 1.807) is 7.11 Å². The molecule has 1 aromatic carbocycles. The van der Waals surface area contributed by atoms with E-state index in [0.29, 0.717) is 22.6 Å². The minimum Gasteiger partial charge on any atom is -0.494 e. The summed E-state index contributed by atoms with van der Waals surface area (Å²) in [5, 5.41) is 0. The smallest absolute Gasteiger partial charge is 0.265 e. The first kappa shape index (κ1) is 15.7. The molecule has 1 heterocycles. The van der Waals surface area contributed by atoms with Crippen LogP contribution in [0.1, 0.15) is 19.0 Å². The van der Waals surface area contributed by atoms with Crippen molar-refractivity contribution in [2.45, 2.75) is 20.0 Å². The molecule has 0 radical (unpaired) electrons. The van der Waals surface area contributed by atoms with Crippen molar-refractivity contribution in [2.75, 3.05) is 13.7 Å². The SMILES string of the molecule is CCCOc1cccc(-c2nc(COC)c(Br)c(=O)[nH]2)c1. The van der Waals surface area contributed by atoms with Gasteiger partial charge in [-0.3, -0.25) is 4.79 Å². The fourth-order valence-electron chi connectivity index (χ4n) is 1.83. The lowest BCUT2D eigenvalue weighted by atomic mass is 10.2. The quantitative estimate of drug-likeness (QED) is 0.867. The number of aromatic amines is 1. The minimum absolute atomic E-state index is 0.230. The zero-order valence-corrected chi connectivity index (χ0v) is 13.6. The van der Waals surface area contributed by atoms with Gasteiger partial charge < -0.3 is 14.5 Å². The largest absolute Gasteiger partial charge is 0.494 e. The molecule has 0 bridgehead atoms. The van der Waals surface area contributed by atoms with Crippen LogP contribution in [0.2, 0.25) is 0 Å². The molecule has 0 saturated heterocycles. The number of nitrogens with one attached hydrogen (secondary N) is 1. The molecule has 112 valence electrons. The van der Waals surface area contributed by atoms with Gasteiger partial charge in [0.15, 0.2) is 0 Å². The Morgan fingerprint density at radius 2 is 2.19 bits per heavy atom. The Morgan fingerprint density at radius 3 is 2.90 bits per heavy atom. The Balaban J connectivity index is 2.39. The summed E-state index contributed by atoms with van der Waals surface area (Å²) in [7, 11) is 1.56. The zero-order valence-electron chi connectivity index (χ0n) is 12.0. The van der Waals surface area contributed by atoms with E-state index in [2.05, 4.69) is 32.8 Å². The molecule has 0 amide bonds. The molecule has 0 saturated carbocycles. The summed E-state index contributed by atoms with van der Waals surface area (Å²) in [6, 6.07) is 7.49. The molecule has 0 spiro atoms. The van der Waals surface area contributed by atoms with E-state index >= 15 is 0 Å². The van der Waals surface area contributed by atoms with Gasteiger partial charge in [-0.2, -0.15) is 0 Å². The van der Waals surface area contributed by atoms with Crippen molar-refractivity contribution in [3.63, 3.8) is 0 Å². The molecule has 0 atom stereocenters. The van der Waals surface area contributed by atoms with Crippen LogP contribution in [0.3, 0.4) is 0 Å². The van der Waals surface area contributed by atoms with Gasteiger partial charge in [0.05, 0.1) is 18.9 Å². The Hall–Kier alpha value is -1.66. The van der Waals surface area contributed by atoms with Gasteiger partial charge in [0, 0.05) is 12.7 Å². The van der Waals surface area contributed by atoms with Crippen LogP contribution in [0.4, 0.5) is 0 Å². The van der Waals surface area contributed by atoms with Gasteiger partial charge >= 0.3 is 0 Å². The molecular weight excluding hydrogens is 336 g/mol. The number of rotatable bonds is 6. The van der Waals surface area contributed by atoms with Gasteiger partial charge in [-0.05, 0) is 34.5 Å². The van der Waals surface area contributed by atoms with E-state index in [9.17, 15) is 4.79 Å². The predicted octanol–water partition coefficient (Wildman–Crippen LogP) is 3.13. The fourth-order valence-corrected chi connectivity index (χ4v) is 2.13. The Labute approximate surface area is 131 Å². The van der Waals surface area contributed by atoms with Crippen LogP contribution in [0, 0.1) is 0 Å². The fraction of sp³-hybridized carbons (Fsp3) is 0.333. The molecule has 5 nitrogen and oxygen atoms in total. The molecule has 0 aliphatic carbocycles. The second kappa shape index (κ2) is 7.38. The van der Waals surface area contributed by atoms with Crippen molar-refractivity contribution in [2.24, 2.45) is 0 Å². The number of hydrogen-bond acceptors (Lipinski definition) is 4. The monoisotopic (exact) mass is 352 g/mol. The maximum atomic E-state index is 11.9. The first-order valence-corrected chi connectivity index (χ1v) is 7.46. The molecule has 6 heteroatoms. The topological polar surface area (TPSA) is 64.2 Å². The van der Waals surface area contributed by atoms with Crippen molar-refractivity contribution in [1.82, 2.24) is 9.97 Å². The van der Waals surface area contributed by atoms with Gasteiger partial charge in [0.1, 0.15) is 16.0 Å². The number of nitrogens with zero attached hydrogens (tertiary/aromatic N) is 1. The van der Waals surface area contributed by atoms with E-state index in [0.717, 1.165) is 17.7 Å². The highest BCUT2D eigenvalue weighted by molar-refractivity contribution is 9.10. The molecule has 0 fully saturated rings. The van der Waals surface area contributed by atoms with Gasteiger partial charge in [-0.15, -0.1) is 0 Å². The summed E-state index contributed by atoms with van der Waals surface area (Å²) in [4.78, 5) is 19.1. The van der Waals surface area contributed by atoms with Crippen molar-refractivity contribution >= 4 is 15.9 Å². The highest BCUT2D eigenvalue weighted by atomic mass is 79.9. The third-order valence-electron chi connectivity index (χ3n) is 2.79. The number of methoxy groups -OCH3 is 1. The van der Waals surface area contributed by atoms with Crippen molar-refractivity contribution in [3.05, 3.63) is 44.8 Å². The van der Waals surface area contributed by atoms with Crippen molar-refractivity contribution in [1.29, 1.82) is 0 Å². The lowest BCUT2D eigenvalue weighted by Gasteiger charge is -2.08. The van der Waals surface area contributed by atoms with E-state index in [1.165, 1.54) is 0 Å². The van der Waals surface area contributed by atoms with Crippen LogP contribution in [0.5, 0.6) is 5.75 Å². The molecule has 0 unspecified atom stereocenters. The Kier molecular flexibility index (Phi) is 5.52. The second-order valence-electron chi connectivity index (χ2n) is 4.48. The molecule has 21 heavy (non-hydrogen) atoms. The predicted molar refractivity (Wildman–Crippen MR) is 84.5 cm³/mol. The van der Waals surface area contributed by atoms with E-state index in [1.807, 2.05) is 24.3 Å². The Bertz CT molecular complexity index is 670. The van der Waals surface area contributed by atoms with Crippen LogP contribution < -0.4 is 10.3 Å². The summed E-state index contributed by atoms with van der Waals surface area (Å²) in [6.45, 7) is 2.97. The van der Waals surface area contributed by atoms with Crippen LogP contribution in [-0.2, 0) is 11.3 Å². The highest BCUT2D eigenvalue weighted by Crippen LogP contribution is 2.22. The van der Waals surface area contributed by atoms with Crippen molar-refractivity contribution < 1.29 is 9.47 Å². The summed E-state index contributed by atoms with van der Waals surface area (Å²) in [5.41, 5.74) is 1.13. The number of aromatic nitrogens is 2. The molecule has 0 aliphatic rings. The zero-order chi connectivity index (χ0) is 15.2. The van der Waals surface area contributed by atoms with Crippen LogP contribution in [-0.4, -0.2) is 23.7 Å². The molecule has 1 aromatic heterocycles. The maximum absolute atomic E-state index is 11.9. The summed E-state index contributed by atoms with van der Waals surface area (Å²) >= 11 is 3.23. The third-order valence-corrected chi connectivity index (χ3v) is 3.61. The van der Waals surface area contributed by atoms with E-state index in [4.69, 9.17) is 9.47 Å². The maximum Gasteiger partial charge on any atom is 0.265 e. The number of ether oxygens (including phenoxy) is 2. The van der Waals surface area contributed by atoms with Crippen LogP contribution in [0.25, 0.3) is 11.4 Å². The number of H-pyrrole nitrogens is 1. The average Bonchev–Trinajstić information content (AvgIpc) is 2.50. The standard InChI is InChI=1S/C15H17BrN2O3/c1-3-7-21-11-6-4-5-10(8-11)14-17-12(9-20-2)13(16)15(19)18-14/h4-6,8H,3,7,9H2,1-2H3,(H,17,18,19). The van der Waals surface area contributed by atoms with Gasteiger partial charge in [-0.25, -0.2) is 4.98 Å². The molecular formula is C15H17BrN2O3. The molecule has 2 aromatic rings. The molecule has 1 N–H and O–H groups in total. The van der Waals surface area contributed by atoms with Crippen LogP contribution in [0.15, 0.2) is 33.5 Å². The van der Waals surface area contributed by atoms with Gasteiger partial charge in [0.2, 0.25) is 0 Å². The second-order valence-corrected chi connectivity index (χ2v) is 5.28. The van der Waals surface area contributed by atoms with E-state index < -0.39 is 0 Å². The average molecular weight is 353 g/mol.